The Bertz CT molecular complexity index is 760. The molecule has 1 aromatic heterocycles. The summed E-state index contributed by atoms with van der Waals surface area (Å²) >= 11 is 7.43. The lowest BCUT2D eigenvalue weighted by atomic mass is 10.1. The number of aryl methyl sites for hydroxylation is 1. The van der Waals surface area contributed by atoms with Gasteiger partial charge in [-0.1, -0.05) is 23.7 Å². The molecule has 1 aromatic carbocycles. The third-order valence-corrected chi connectivity index (χ3v) is 5.33. The van der Waals surface area contributed by atoms with Crippen molar-refractivity contribution in [2.45, 2.75) is 38.8 Å². The van der Waals surface area contributed by atoms with E-state index in [1.54, 1.807) is 28.4 Å². The van der Waals surface area contributed by atoms with Gasteiger partial charge in [-0.15, -0.1) is 11.3 Å². The van der Waals surface area contributed by atoms with E-state index in [0.29, 0.717) is 24.5 Å². The molecule has 1 saturated heterocycles. The van der Waals surface area contributed by atoms with Crippen molar-refractivity contribution in [3.8, 4) is 0 Å². The zero-order valence-corrected chi connectivity index (χ0v) is 15.6. The second-order valence-corrected chi connectivity index (χ2v) is 7.62. The van der Waals surface area contributed by atoms with Crippen molar-refractivity contribution < 1.29 is 9.59 Å². The van der Waals surface area contributed by atoms with Gasteiger partial charge >= 0.3 is 0 Å². The molecule has 2 amide bonds. The van der Waals surface area contributed by atoms with Crippen molar-refractivity contribution in [2.24, 2.45) is 0 Å². The molecule has 5 nitrogen and oxygen atoms in total. The number of rotatable bonds is 5. The topological polar surface area (TPSA) is 62.3 Å². The van der Waals surface area contributed by atoms with Gasteiger partial charge in [0.25, 0.3) is 0 Å². The van der Waals surface area contributed by atoms with E-state index in [1.165, 1.54) is 0 Å². The van der Waals surface area contributed by atoms with E-state index in [0.717, 1.165) is 22.7 Å². The molecular formula is C18H20ClN3O2S. The van der Waals surface area contributed by atoms with E-state index in [1.807, 2.05) is 24.4 Å². The van der Waals surface area contributed by atoms with Crippen molar-refractivity contribution in [1.82, 2.24) is 15.2 Å². The first kappa shape index (κ1) is 17.9. The van der Waals surface area contributed by atoms with Crippen molar-refractivity contribution in [1.29, 1.82) is 0 Å². The Balaban J connectivity index is 1.58. The highest BCUT2D eigenvalue weighted by Gasteiger charge is 2.33. The van der Waals surface area contributed by atoms with Crippen LogP contribution in [0.3, 0.4) is 0 Å². The van der Waals surface area contributed by atoms with Crippen LogP contribution in [0.4, 0.5) is 0 Å². The third kappa shape index (κ3) is 4.58. The second kappa shape index (κ2) is 7.97. The molecule has 2 aromatic rings. The number of carbonyl (C=O) groups is 2. The van der Waals surface area contributed by atoms with Crippen LogP contribution in [0, 0.1) is 6.92 Å². The van der Waals surface area contributed by atoms with Gasteiger partial charge in [0.05, 0.1) is 23.7 Å². The number of likely N-dealkylation sites (tertiary alicyclic amines) is 1. The van der Waals surface area contributed by atoms with Crippen molar-refractivity contribution in [3.05, 3.63) is 50.9 Å². The monoisotopic (exact) mass is 377 g/mol. The summed E-state index contributed by atoms with van der Waals surface area (Å²) in [4.78, 5) is 31.1. The predicted molar refractivity (Wildman–Crippen MR) is 98.6 cm³/mol. The van der Waals surface area contributed by atoms with Gasteiger partial charge in [0, 0.05) is 16.9 Å². The average Bonchev–Trinajstić information content (AvgIpc) is 3.23. The molecule has 132 valence electrons. The number of nitrogens with zero attached hydrogens (tertiary/aromatic N) is 2. The summed E-state index contributed by atoms with van der Waals surface area (Å²) in [5, 5.41) is 6.46. The Labute approximate surface area is 156 Å². The molecule has 3 rings (SSSR count). The molecule has 0 unspecified atom stereocenters. The summed E-state index contributed by atoms with van der Waals surface area (Å²) in [5.41, 5.74) is 1.76. The number of nitrogens with one attached hydrogen (secondary N) is 1. The number of hydrogen-bond donors (Lipinski definition) is 1. The van der Waals surface area contributed by atoms with Crippen molar-refractivity contribution in [2.75, 3.05) is 6.54 Å². The zero-order valence-electron chi connectivity index (χ0n) is 14.0. The maximum Gasteiger partial charge on any atom is 0.243 e. The van der Waals surface area contributed by atoms with Crippen molar-refractivity contribution >= 4 is 34.8 Å². The van der Waals surface area contributed by atoms with E-state index in [4.69, 9.17) is 11.6 Å². The van der Waals surface area contributed by atoms with Crippen LogP contribution in [0.2, 0.25) is 5.02 Å². The fourth-order valence-corrected chi connectivity index (χ4v) is 3.74. The normalized spacial score (nSPS) is 16.9. The van der Waals surface area contributed by atoms with Gasteiger partial charge in [0.2, 0.25) is 11.8 Å². The second-order valence-electron chi connectivity index (χ2n) is 6.12. The number of benzene rings is 1. The number of hydrogen-bond acceptors (Lipinski definition) is 4. The largest absolute Gasteiger partial charge is 0.349 e. The van der Waals surface area contributed by atoms with Gasteiger partial charge in [-0.3, -0.25) is 9.59 Å². The number of aromatic nitrogens is 1. The van der Waals surface area contributed by atoms with Crippen LogP contribution in [0.1, 0.15) is 29.1 Å². The van der Waals surface area contributed by atoms with Gasteiger partial charge in [0.15, 0.2) is 0 Å². The predicted octanol–water partition coefficient (Wildman–Crippen LogP) is 2.95. The van der Waals surface area contributed by atoms with Gasteiger partial charge in [0.1, 0.15) is 6.04 Å². The first-order valence-corrected chi connectivity index (χ1v) is 9.51. The van der Waals surface area contributed by atoms with Gasteiger partial charge < -0.3 is 10.2 Å². The van der Waals surface area contributed by atoms with E-state index in [-0.39, 0.29) is 24.3 Å². The van der Waals surface area contributed by atoms with Crippen LogP contribution in [-0.4, -0.2) is 34.3 Å². The van der Waals surface area contributed by atoms with Crippen LogP contribution >= 0.6 is 22.9 Å². The van der Waals surface area contributed by atoms with Gasteiger partial charge in [-0.05, 0) is 37.5 Å². The quantitative estimate of drug-likeness (QED) is 0.871. The highest BCUT2D eigenvalue weighted by atomic mass is 35.5. The Kier molecular flexibility index (Phi) is 5.71. The summed E-state index contributed by atoms with van der Waals surface area (Å²) in [6.45, 7) is 2.96. The number of halogens is 1. The van der Waals surface area contributed by atoms with Gasteiger partial charge in [-0.25, -0.2) is 4.98 Å². The zero-order chi connectivity index (χ0) is 17.8. The maximum atomic E-state index is 12.6. The average molecular weight is 378 g/mol. The lowest BCUT2D eigenvalue weighted by Crippen LogP contribution is -2.46. The Morgan fingerprint density at radius 3 is 2.80 bits per heavy atom. The molecule has 0 spiro atoms. The molecule has 7 heteroatoms. The van der Waals surface area contributed by atoms with Crippen LogP contribution in [0.5, 0.6) is 0 Å². The SMILES string of the molecule is Cc1nc(CNC(=O)[C@H]2CCCN2C(=O)Cc2ccc(Cl)cc2)cs1. The first-order chi connectivity index (χ1) is 12.0. The molecule has 25 heavy (non-hydrogen) atoms. The fourth-order valence-electron chi connectivity index (χ4n) is 3.00. The van der Waals surface area contributed by atoms with E-state index < -0.39 is 0 Å². The molecular weight excluding hydrogens is 358 g/mol. The smallest absolute Gasteiger partial charge is 0.243 e. The minimum atomic E-state index is -0.389. The minimum absolute atomic E-state index is 0.0236. The molecule has 0 radical (unpaired) electrons. The number of amides is 2. The standard InChI is InChI=1S/C18H20ClN3O2S/c1-12-21-15(11-25-12)10-20-18(24)16-3-2-8-22(16)17(23)9-13-4-6-14(19)7-5-13/h4-7,11,16H,2-3,8-10H2,1H3,(H,20,24)/t16-/m1/s1. The van der Waals surface area contributed by atoms with Crippen LogP contribution in [0.25, 0.3) is 0 Å². The van der Waals surface area contributed by atoms with Crippen LogP contribution in [0.15, 0.2) is 29.6 Å². The Hall–Kier alpha value is -1.92. The Morgan fingerprint density at radius 2 is 2.12 bits per heavy atom. The minimum Gasteiger partial charge on any atom is -0.349 e. The molecule has 2 heterocycles. The summed E-state index contributed by atoms with van der Waals surface area (Å²) < 4.78 is 0. The van der Waals surface area contributed by atoms with E-state index >= 15 is 0 Å². The summed E-state index contributed by atoms with van der Waals surface area (Å²) in [5.74, 6) is -0.128. The lowest BCUT2D eigenvalue weighted by molar-refractivity contribution is -0.138. The van der Waals surface area contributed by atoms with E-state index in [2.05, 4.69) is 10.3 Å². The van der Waals surface area contributed by atoms with Crippen LogP contribution in [-0.2, 0) is 22.6 Å². The maximum absolute atomic E-state index is 12.6. The first-order valence-electron chi connectivity index (χ1n) is 8.25. The van der Waals surface area contributed by atoms with Gasteiger partial charge in [-0.2, -0.15) is 0 Å². The highest BCUT2D eigenvalue weighted by Crippen LogP contribution is 2.20. The summed E-state index contributed by atoms with van der Waals surface area (Å²) in [6, 6.07) is 6.84. The molecule has 1 atom stereocenters. The molecule has 1 N–H and O–H groups in total. The van der Waals surface area contributed by atoms with E-state index in [9.17, 15) is 9.59 Å². The summed E-state index contributed by atoms with van der Waals surface area (Å²) in [7, 11) is 0. The molecule has 1 aliphatic heterocycles. The molecule has 1 aliphatic rings. The fraction of sp³-hybridized carbons (Fsp3) is 0.389. The Morgan fingerprint density at radius 1 is 1.36 bits per heavy atom. The number of thiazole rings is 1. The molecule has 0 aliphatic carbocycles. The third-order valence-electron chi connectivity index (χ3n) is 4.25. The van der Waals surface area contributed by atoms with Crippen LogP contribution < -0.4 is 5.32 Å². The molecule has 1 fully saturated rings. The summed E-state index contributed by atoms with van der Waals surface area (Å²) in [6.07, 6.45) is 1.83. The molecule has 0 saturated carbocycles. The number of carbonyl (C=O) groups excluding carboxylic acids is 2. The van der Waals surface area contributed by atoms with Crippen molar-refractivity contribution in [3.63, 3.8) is 0 Å². The lowest BCUT2D eigenvalue weighted by Gasteiger charge is -2.24. The molecule has 0 bridgehead atoms. The highest BCUT2D eigenvalue weighted by molar-refractivity contribution is 7.09.